The minimum Gasteiger partial charge on any atom is -0.457 e. The van der Waals surface area contributed by atoms with Crippen molar-refractivity contribution in [3.8, 4) is 17.2 Å². The third-order valence-electron chi connectivity index (χ3n) is 9.55. The summed E-state index contributed by atoms with van der Waals surface area (Å²) in [6.45, 7) is 0. The van der Waals surface area contributed by atoms with Crippen molar-refractivity contribution in [2.45, 2.75) is 5.41 Å². The number of fused-ring (bicyclic) bond motifs is 11. The molecule has 5 aromatic carbocycles. The summed E-state index contributed by atoms with van der Waals surface area (Å²) in [6.07, 6.45) is 3.83. The fraction of sp³-hybridized carbons (Fsp3) is 0.0244. The molecule has 5 heteroatoms. The number of anilines is 3. The third-order valence-corrected chi connectivity index (χ3v) is 9.55. The third kappa shape index (κ3) is 3.23. The Labute approximate surface area is 265 Å². The van der Waals surface area contributed by atoms with Crippen LogP contribution in [0.3, 0.4) is 0 Å². The standard InChI is InChI=1S/C41H26N4O/c1-6-17-33-28(12-1)40-36(20-11-25-42-40)44(33)27-23-24-39(43-26-27)45-34-18-7-2-13-29(34)41(30-14-3-8-19-35(30)45)31-15-4-9-21-37(31)46-38-22-10-5-16-32(38)41/h1-26H. The van der Waals surface area contributed by atoms with E-state index in [1.54, 1.807) is 0 Å². The van der Waals surface area contributed by atoms with Crippen LogP contribution in [0.15, 0.2) is 158 Å². The number of rotatable bonds is 2. The average molecular weight is 591 g/mol. The van der Waals surface area contributed by atoms with Gasteiger partial charge in [0.15, 0.2) is 0 Å². The van der Waals surface area contributed by atoms with Gasteiger partial charge in [-0.3, -0.25) is 9.88 Å². The number of para-hydroxylation sites is 5. The lowest BCUT2D eigenvalue weighted by molar-refractivity contribution is 0.434. The van der Waals surface area contributed by atoms with E-state index in [-0.39, 0.29) is 0 Å². The normalized spacial score (nSPS) is 14.0. The van der Waals surface area contributed by atoms with Crippen LogP contribution >= 0.6 is 0 Å². The molecule has 0 saturated heterocycles. The van der Waals surface area contributed by atoms with Gasteiger partial charge in [0.05, 0.1) is 45.2 Å². The Morgan fingerprint density at radius 2 is 1.09 bits per heavy atom. The van der Waals surface area contributed by atoms with Gasteiger partial charge in [0.2, 0.25) is 0 Å². The number of hydrogen-bond donors (Lipinski definition) is 0. The highest BCUT2D eigenvalue weighted by Gasteiger charge is 2.51. The van der Waals surface area contributed by atoms with Gasteiger partial charge < -0.3 is 9.30 Å². The van der Waals surface area contributed by atoms with E-state index in [0.29, 0.717) is 0 Å². The van der Waals surface area contributed by atoms with Gasteiger partial charge >= 0.3 is 0 Å². The number of nitrogens with zero attached hydrogens (tertiary/aromatic N) is 4. The summed E-state index contributed by atoms with van der Waals surface area (Å²) < 4.78 is 8.77. The zero-order valence-electron chi connectivity index (χ0n) is 24.7. The summed E-state index contributed by atoms with van der Waals surface area (Å²) in [5, 5.41) is 1.13. The van der Waals surface area contributed by atoms with Crippen LogP contribution in [-0.2, 0) is 5.41 Å². The number of aromatic nitrogens is 3. The van der Waals surface area contributed by atoms with Crippen molar-refractivity contribution in [2.75, 3.05) is 4.90 Å². The molecule has 2 aliphatic heterocycles. The van der Waals surface area contributed by atoms with Crippen LogP contribution < -0.4 is 9.64 Å². The van der Waals surface area contributed by atoms with Crippen molar-refractivity contribution in [1.29, 1.82) is 0 Å². The summed E-state index contributed by atoms with van der Waals surface area (Å²) in [6, 6.07) is 51.2. The number of benzene rings is 5. The SMILES string of the molecule is c1ccc2c(c1)Oc1ccccc1C21c2ccccc2N(c2ccc(-n3c4ccccc4c4ncccc43)cn2)c2ccccc21. The maximum absolute atomic E-state index is 6.52. The molecule has 0 bridgehead atoms. The zero-order chi connectivity index (χ0) is 30.2. The molecule has 0 N–H and O–H groups in total. The van der Waals surface area contributed by atoms with Crippen molar-refractivity contribution in [2.24, 2.45) is 0 Å². The summed E-state index contributed by atoms with van der Waals surface area (Å²) in [5.41, 5.74) is 10.4. The Bertz CT molecular complexity index is 2330. The van der Waals surface area contributed by atoms with Crippen molar-refractivity contribution in [3.05, 3.63) is 180 Å². The molecule has 0 saturated carbocycles. The molecule has 0 amide bonds. The molecule has 5 nitrogen and oxygen atoms in total. The van der Waals surface area contributed by atoms with E-state index in [1.165, 1.54) is 11.1 Å². The van der Waals surface area contributed by atoms with E-state index in [1.807, 2.05) is 30.6 Å². The average Bonchev–Trinajstić information content (AvgIpc) is 3.46. The summed E-state index contributed by atoms with van der Waals surface area (Å²) in [7, 11) is 0. The minimum atomic E-state index is -0.564. The van der Waals surface area contributed by atoms with E-state index in [2.05, 4.69) is 137 Å². The lowest BCUT2D eigenvalue weighted by Crippen LogP contribution is -2.39. The smallest absolute Gasteiger partial charge is 0.137 e. The van der Waals surface area contributed by atoms with Gasteiger partial charge in [-0.05, 0) is 65.7 Å². The molecule has 216 valence electrons. The highest BCUT2D eigenvalue weighted by Crippen LogP contribution is 2.62. The topological polar surface area (TPSA) is 43.2 Å². The summed E-state index contributed by atoms with van der Waals surface area (Å²) >= 11 is 0. The van der Waals surface area contributed by atoms with E-state index < -0.39 is 5.41 Å². The molecule has 3 aromatic heterocycles. The lowest BCUT2D eigenvalue weighted by atomic mass is 9.61. The Balaban J connectivity index is 1.21. The molecule has 5 heterocycles. The van der Waals surface area contributed by atoms with Crippen molar-refractivity contribution < 1.29 is 4.74 Å². The van der Waals surface area contributed by atoms with Gasteiger partial charge in [0.25, 0.3) is 0 Å². The number of pyridine rings is 2. The molecule has 2 aliphatic rings. The van der Waals surface area contributed by atoms with Crippen molar-refractivity contribution in [1.82, 2.24) is 14.5 Å². The summed E-state index contributed by atoms with van der Waals surface area (Å²) in [5.74, 6) is 2.61. The Morgan fingerprint density at radius 1 is 0.500 bits per heavy atom. The molecule has 10 rings (SSSR count). The van der Waals surface area contributed by atoms with Crippen LogP contribution in [-0.4, -0.2) is 14.5 Å². The number of hydrogen-bond acceptors (Lipinski definition) is 4. The van der Waals surface area contributed by atoms with Crippen LogP contribution in [0, 0.1) is 0 Å². The van der Waals surface area contributed by atoms with Gasteiger partial charge in [-0.1, -0.05) is 91.0 Å². The molecular formula is C41H26N4O. The van der Waals surface area contributed by atoms with Crippen LogP contribution in [0.4, 0.5) is 17.2 Å². The Hall–Kier alpha value is -6.20. The second-order valence-corrected chi connectivity index (χ2v) is 11.8. The van der Waals surface area contributed by atoms with E-state index in [9.17, 15) is 0 Å². The maximum atomic E-state index is 6.52. The maximum Gasteiger partial charge on any atom is 0.137 e. The van der Waals surface area contributed by atoms with Crippen LogP contribution in [0.25, 0.3) is 27.6 Å². The molecule has 8 aromatic rings. The fourth-order valence-electron chi connectivity index (χ4n) is 7.77. The second kappa shape index (κ2) is 9.40. The van der Waals surface area contributed by atoms with Gasteiger partial charge in [0.1, 0.15) is 17.3 Å². The van der Waals surface area contributed by atoms with Crippen molar-refractivity contribution >= 4 is 39.1 Å². The minimum absolute atomic E-state index is 0.564. The van der Waals surface area contributed by atoms with E-state index >= 15 is 0 Å². The number of ether oxygens (including phenoxy) is 1. The Kier molecular flexibility index (Phi) is 5.14. The largest absolute Gasteiger partial charge is 0.457 e. The molecule has 46 heavy (non-hydrogen) atoms. The quantitative estimate of drug-likeness (QED) is 0.201. The van der Waals surface area contributed by atoms with E-state index in [4.69, 9.17) is 14.7 Å². The zero-order valence-corrected chi connectivity index (χ0v) is 24.7. The van der Waals surface area contributed by atoms with Gasteiger partial charge in [-0.25, -0.2) is 4.98 Å². The Morgan fingerprint density at radius 3 is 1.76 bits per heavy atom. The van der Waals surface area contributed by atoms with Gasteiger partial charge in [-0.2, -0.15) is 0 Å². The highest BCUT2D eigenvalue weighted by atomic mass is 16.5. The second-order valence-electron chi connectivity index (χ2n) is 11.8. The van der Waals surface area contributed by atoms with Gasteiger partial charge in [-0.15, -0.1) is 0 Å². The first-order valence-corrected chi connectivity index (χ1v) is 15.5. The van der Waals surface area contributed by atoms with Crippen LogP contribution in [0.5, 0.6) is 11.5 Å². The van der Waals surface area contributed by atoms with Crippen LogP contribution in [0.1, 0.15) is 22.3 Å². The lowest BCUT2D eigenvalue weighted by Gasteiger charge is -2.48. The molecule has 0 atom stereocenters. The fourth-order valence-corrected chi connectivity index (χ4v) is 7.77. The first kappa shape index (κ1) is 25.2. The predicted molar refractivity (Wildman–Crippen MR) is 183 cm³/mol. The van der Waals surface area contributed by atoms with Crippen molar-refractivity contribution in [3.63, 3.8) is 0 Å². The van der Waals surface area contributed by atoms with E-state index in [0.717, 1.165) is 67.4 Å². The monoisotopic (exact) mass is 590 g/mol. The predicted octanol–water partition coefficient (Wildman–Crippen LogP) is 9.85. The molecular weight excluding hydrogens is 564 g/mol. The molecule has 0 fully saturated rings. The first-order valence-electron chi connectivity index (χ1n) is 15.5. The van der Waals surface area contributed by atoms with Crippen LogP contribution in [0.2, 0.25) is 0 Å². The van der Waals surface area contributed by atoms with Gasteiger partial charge in [0, 0.05) is 22.7 Å². The highest BCUT2D eigenvalue weighted by molar-refractivity contribution is 6.07. The summed E-state index contributed by atoms with van der Waals surface area (Å²) in [4.78, 5) is 12.2. The first-order chi connectivity index (χ1) is 22.8. The molecule has 1 spiro atoms. The molecule has 0 aliphatic carbocycles. The molecule has 0 radical (unpaired) electrons. The molecule has 0 unspecified atom stereocenters.